The molecule has 1 aliphatic carbocycles. The van der Waals surface area contributed by atoms with Gasteiger partial charge in [0.1, 0.15) is 0 Å². The Labute approximate surface area is 142 Å². The van der Waals surface area contributed by atoms with E-state index in [1.54, 1.807) is 0 Å². The standard InChI is InChI=1S/C20H20N4/c1-21-15-3-7-17(8-4-15)23-19-11-13-20(14-12-19)24-18-9-5-16(22-2)6-10-18/h3-14,16,22-23H,1H2,2H3. The van der Waals surface area contributed by atoms with E-state index in [0.717, 1.165) is 28.5 Å². The molecule has 120 valence electrons. The number of likely N-dealkylation sites (N-methyl/N-ethyl adjacent to an activating group) is 1. The molecule has 0 aromatic heterocycles. The van der Waals surface area contributed by atoms with Crippen LogP contribution in [0.5, 0.6) is 0 Å². The summed E-state index contributed by atoms with van der Waals surface area (Å²) in [4.78, 5) is 8.51. The SMILES string of the molecule is C=Nc1ccc(Nc2ccc(N=C3C=CC(NC)C=C3)cc2)cc1. The molecule has 2 aromatic carbocycles. The van der Waals surface area contributed by atoms with E-state index in [0.29, 0.717) is 6.04 Å². The van der Waals surface area contributed by atoms with Crippen molar-refractivity contribution in [1.82, 2.24) is 5.32 Å². The fraction of sp³-hybridized carbons (Fsp3) is 0.100. The summed E-state index contributed by atoms with van der Waals surface area (Å²) in [5.74, 6) is 0. The number of nitrogens with one attached hydrogen (secondary N) is 2. The van der Waals surface area contributed by atoms with E-state index in [1.165, 1.54) is 0 Å². The second kappa shape index (κ2) is 7.53. The second-order valence-electron chi connectivity index (χ2n) is 5.45. The molecule has 1 aliphatic rings. The Balaban J connectivity index is 1.67. The minimum atomic E-state index is 0.290. The molecule has 2 aromatic rings. The van der Waals surface area contributed by atoms with E-state index in [1.807, 2.05) is 67.7 Å². The number of allylic oxidation sites excluding steroid dienone is 2. The second-order valence-corrected chi connectivity index (χ2v) is 5.45. The van der Waals surface area contributed by atoms with E-state index in [4.69, 9.17) is 0 Å². The zero-order valence-corrected chi connectivity index (χ0v) is 13.6. The lowest BCUT2D eigenvalue weighted by Gasteiger charge is -2.10. The van der Waals surface area contributed by atoms with Crippen LogP contribution in [0.3, 0.4) is 0 Å². The molecule has 0 radical (unpaired) electrons. The highest BCUT2D eigenvalue weighted by molar-refractivity contribution is 6.06. The quantitative estimate of drug-likeness (QED) is 0.795. The number of nitrogens with zero attached hydrogens (tertiary/aromatic N) is 2. The summed E-state index contributed by atoms with van der Waals surface area (Å²) in [6.45, 7) is 3.52. The van der Waals surface area contributed by atoms with Crippen molar-refractivity contribution >= 4 is 35.2 Å². The van der Waals surface area contributed by atoms with Crippen LogP contribution < -0.4 is 10.6 Å². The van der Waals surface area contributed by atoms with Gasteiger partial charge in [-0.15, -0.1) is 0 Å². The maximum Gasteiger partial charge on any atom is 0.0638 e. The minimum Gasteiger partial charge on any atom is -0.356 e. The molecule has 0 aliphatic heterocycles. The molecule has 0 saturated heterocycles. The zero-order chi connectivity index (χ0) is 16.8. The summed E-state index contributed by atoms with van der Waals surface area (Å²) in [6.07, 6.45) is 8.25. The summed E-state index contributed by atoms with van der Waals surface area (Å²) < 4.78 is 0. The maximum absolute atomic E-state index is 4.63. The third-order valence-electron chi connectivity index (χ3n) is 3.75. The third-order valence-corrected chi connectivity index (χ3v) is 3.75. The summed E-state index contributed by atoms with van der Waals surface area (Å²) >= 11 is 0. The molecule has 0 unspecified atom stereocenters. The van der Waals surface area contributed by atoms with Crippen molar-refractivity contribution in [3.05, 3.63) is 72.8 Å². The smallest absolute Gasteiger partial charge is 0.0638 e. The fourth-order valence-electron chi connectivity index (χ4n) is 2.38. The highest BCUT2D eigenvalue weighted by Crippen LogP contribution is 2.22. The Bertz CT molecular complexity index is 767. The van der Waals surface area contributed by atoms with Crippen LogP contribution in [0.25, 0.3) is 0 Å². The average molecular weight is 316 g/mol. The monoisotopic (exact) mass is 316 g/mol. The molecule has 0 atom stereocenters. The summed E-state index contributed by atoms with van der Waals surface area (Å²) in [6, 6.07) is 16.1. The molecular weight excluding hydrogens is 296 g/mol. The first-order valence-corrected chi connectivity index (χ1v) is 7.83. The minimum absolute atomic E-state index is 0.290. The van der Waals surface area contributed by atoms with Gasteiger partial charge in [0.15, 0.2) is 0 Å². The molecule has 0 spiro atoms. The topological polar surface area (TPSA) is 48.8 Å². The number of aliphatic imine (C=N–C) groups is 2. The molecule has 0 bridgehead atoms. The predicted molar refractivity (Wildman–Crippen MR) is 104 cm³/mol. The van der Waals surface area contributed by atoms with Crippen molar-refractivity contribution in [1.29, 1.82) is 0 Å². The number of rotatable bonds is 5. The molecule has 0 saturated carbocycles. The Morgan fingerprint density at radius 1 is 0.833 bits per heavy atom. The number of benzene rings is 2. The van der Waals surface area contributed by atoms with Gasteiger partial charge < -0.3 is 10.6 Å². The van der Waals surface area contributed by atoms with Crippen molar-refractivity contribution in [2.75, 3.05) is 12.4 Å². The predicted octanol–water partition coefficient (Wildman–Crippen LogP) is 4.55. The van der Waals surface area contributed by atoms with Gasteiger partial charge in [0, 0.05) is 17.4 Å². The molecule has 2 N–H and O–H groups in total. The Morgan fingerprint density at radius 2 is 1.38 bits per heavy atom. The molecule has 0 fully saturated rings. The zero-order valence-electron chi connectivity index (χ0n) is 13.6. The Hall–Kier alpha value is -2.98. The Kier molecular flexibility index (Phi) is 4.99. The number of hydrogen-bond acceptors (Lipinski definition) is 4. The summed E-state index contributed by atoms with van der Waals surface area (Å²) in [5, 5.41) is 6.53. The lowest BCUT2D eigenvalue weighted by molar-refractivity contribution is 0.789. The molecule has 0 heterocycles. The van der Waals surface area contributed by atoms with Gasteiger partial charge in [-0.1, -0.05) is 12.2 Å². The van der Waals surface area contributed by atoms with E-state index in [9.17, 15) is 0 Å². The highest BCUT2D eigenvalue weighted by Gasteiger charge is 2.02. The van der Waals surface area contributed by atoms with Gasteiger partial charge in [-0.05, 0) is 74.4 Å². The van der Waals surface area contributed by atoms with E-state index < -0.39 is 0 Å². The summed E-state index contributed by atoms with van der Waals surface area (Å²) in [5.41, 5.74) is 4.77. The molecular formula is C20H20N4. The van der Waals surface area contributed by atoms with E-state index >= 15 is 0 Å². The van der Waals surface area contributed by atoms with Gasteiger partial charge in [-0.25, -0.2) is 4.99 Å². The van der Waals surface area contributed by atoms with Crippen LogP contribution in [0.15, 0.2) is 82.8 Å². The van der Waals surface area contributed by atoms with Crippen LogP contribution in [0.1, 0.15) is 0 Å². The van der Waals surface area contributed by atoms with E-state index in [-0.39, 0.29) is 0 Å². The first kappa shape index (κ1) is 15.9. The molecule has 3 rings (SSSR count). The Morgan fingerprint density at radius 3 is 1.88 bits per heavy atom. The van der Waals surface area contributed by atoms with Crippen molar-refractivity contribution in [2.24, 2.45) is 9.98 Å². The van der Waals surface area contributed by atoms with Crippen molar-refractivity contribution < 1.29 is 0 Å². The van der Waals surface area contributed by atoms with Gasteiger partial charge >= 0.3 is 0 Å². The van der Waals surface area contributed by atoms with Gasteiger partial charge in [-0.3, -0.25) is 4.99 Å². The maximum atomic E-state index is 4.63. The fourth-order valence-corrected chi connectivity index (χ4v) is 2.38. The van der Waals surface area contributed by atoms with Crippen LogP contribution in [0.2, 0.25) is 0 Å². The lowest BCUT2D eigenvalue weighted by atomic mass is 10.1. The normalized spacial score (nSPS) is 16.0. The largest absolute Gasteiger partial charge is 0.356 e. The number of hydrogen-bond donors (Lipinski definition) is 2. The van der Waals surface area contributed by atoms with Crippen molar-refractivity contribution in [2.45, 2.75) is 6.04 Å². The lowest BCUT2D eigenvalue weighted by Crippen LogP contribution is -2.22. The van der Waals surface area contributed by atoms with E-state index in [2.05, 4.69) is 39.5 Å². The summed E-state index contributed by atoms with van der Waals surface area (Å²) in [7, 11) is 1.94. The highest BCUT2D eigenvalue weighted by atomic mass is 14.9. The van der Waals surface area contributed by atoms with Crippen molar-refractivity contribution in [3.8, 4) is 0 Å². The van der Waals surface area contributed by atoms with Crippen LogP contribution in [0.4, 0.5) is 22.7 Å². The van der Waals surface area contributed by atoms with Crippen LogP contribution in [0, 0.1) is 0 Å². The first-order valence-electron chi connectivity index (χ1n) is 7.83. The van der Waals surface area contributed by atoms with Gasteiger partial charge in [0.2, 0.25) is 0 Å². The molecule has 24 heavy (non-hydrogen) atoms. The third kappa shape index (κ3) is 4.06. The van der Waals surface area contributed by atoms with Crippen LogP contribution >= 0.6 is 0 Å². The molecule has 4 heteroatoms. The van der Waals surface area contributed by atoms with Gasteiger partial charge in [-0.2, -0.15) is 0 Å². The average Bonchev–Trinajstić information content (AvgIpc) is 2.65. The molecule has 0 amide bonds. The van der Waals surface area contributed by atoms with Crippen LogP contribution in [-0.2, 0) is 0 Å². The number of anilines is 2. The van der Waals surface area contributed by atoms with Crippen LogP contribution in [-0.4, -0.2) is 25.5 Å². The molecule has 4 nitrogen and oxygen atoms in total. The van der Waals surface area contributed by atoms with Gasteiger partial charge in [0.25, 0.3) is 0 Å². The van der Waals surface area contributed by atoms with Crippen molar-refractivity contribution in [3.63, 3.8) is 0 Å². The van der Waals surface area contributed by atoms with Gasteiger partial charge in [0.05, 0.1) is 17.1 Å². The first-order chi connectivity index (χ1) is 11.8.